The SMILES string of the molecule is Cc1ccc(C(=O)N2CCC[C@@]3(C2)Nc2cccnc2NC3=NC2CCCC2)cc1F. The number of aryl methyl sites for hydroxylation is 1. The van der Waals surface area contributed by atoms with Crippen molar-refractivity contribution in [2.45, 2.75) is 57.0 Å². The summed E-state index contributed by atoms with van der Waals surface area (Å²) in [6.07, 6.45) is 8.09. The van der Waals surface area contributed by atoms with Crippen LogP contribution in [0.3, 0.4) is 0 Å². The van der Waals surface area contributed by atoms with Gasteiger partial charge in [-0.2, -0.15) is 0 Å². The molecule has 6 nitrogen and oxygen atoms in total. The fourth-order valence-corrected chi connectivity index (χ4v) is 4.96. The zero-order chi connectivity index (χ0) is 21.4. The first kappa shape index (κ1) is 20.0. The first-order chi connectivity index (χ1) is 15.0. The highest BCUT2D eigenvalue weighted by molar-refractivity contribution is 6.09. The molecule has 0 unspecified atom stereocenters. The lowest BCUT2D eigenvalue weighted by atomic mass is 9.85. The van der Waals surface area contributed by atoms with E-state index >= 15 is 0 Å². The molecule has 1 aliphatic carbocycles. The number of aliphatic imine (C=N–C) groups is 1. The number of rotatable bonds is 2. The molecule has 1 saturated heterocycles. The predicted octanol–water partition coefficient (Wildman–Crippen LogP) is 4.38. The van der Waals surface area contributed by atoms with Gasteiger partial charge in [0.25, 0.3) is 5.91 Å². The van der Waals surface area contributed by atoms with Crippen molar-refractivity contribution in [3.05, 3.63) is 53.5 Å². The first-order valence-corrected chi connectivity index (χ1v) is 11.2. The third kappa shape index (κ3) is 3.77. The molecule has 0 bridgehead atoms. The number of carbonyl (C=O) groups excluding carboxylic acids is 1. The minimum absolute atomic E-state index is 0.142. The Bertz CT molecular complexity index is 1030. The van der Waals surface area contributed by atoms with Gasteiger partial charge in [-0.3, -0.25) is 9.79 Å². The van der Waals surface area contributed by atoms with Gasteiger partial charge in [0.1, 0.15) is 17.2 Å². The topological polar surface area (TPSA) is 69.6 Å². The molecule has 31 heavy (non-hydrogen) atoms. The van der Waals surface area contributed by atoms with Gasteiger partial charge in [-0.15, -0.1) is 0 Å². The second-order valence-electron chi connectivity index (χ2n) is 8.94. The molecule has 162 valence electrons. The molecule has 2 aromatic rings. The van der Waals surface area contributed by atoms with Crippen LogP contribution in [0.25, 0.3) is 0 Å². The number of fused-ring (bicyclic) bond motifs is 1. The molecule has 1 atom stereocenters. The summed E-state index contributed by atoms with van der Waals surface area (Å²) in [6.45, 7) is 2.83. The van der Waals surface area contributed by atoms with E-state index < -0.39 is 5.54 Å². The molecule has 1 aromatic heterocycles. The summed E-state index contributed by atoms with van der Waals surface area (Å²) in [5.41, 5.74) is 1.36. The summed E-state index contributed by atoms with van der Waals surface area (Å²) in [7, 11) is 0. The molecule has 2 N–H and O–H groups in total. The largest absolute Gasteiger partial charge is 0.368 e. The molecular formula is C24H28FN5O. The van der Waals surface area contributed by atoms with Crippen molar-refractivity contribution in [2.24, 2.45) is 4.99 Å². The Balaban J connectivity index is 1.47. The smallest absolute Gasteiger partial charge is 0.254 e. The van der Waals surface area contributed by atoms with Crippen LogP contribution in [0.5, 0.6) is 0 Å². The highest BCUT2D eigenvalue weighted by Crippen LogP contribution is 2.36. The van der Waals surface area contributed by atoms with Gasteiger partial charge < -0.3 is 15.5 Å². The number of amides is 1. The van der Waals surface area contributed by atoms with Gasteiger partial charge in [0.05, 0.1) is 18.3 Å². The highest BCUT2D eigenvalue weighted by Gasteiger charge is 2.45. The van der Waals surface area contributed by atoms with Crippen molar-refractivity contribution in [1.29, 1.82) is 0 Å². The van der Waals surface area contributed by atoms with Crippen LogP contribution in [0.15, 0.2) is 41.5 Å². The van der Waals surface area contributed by atoms with Gasteiger partial charge in [-0.05, 0) is 62.4 Å². The van der Waals surface area contributed by atoms with Gasteiger partial charge in [0.2, 0.25) is 0 Å². The molecule has 3 aliphatic rings. The standard InChI is InChI=1S/C24H28FN5O/c1-16-9-10-17(14-19(16)25)22(31)30-13-5-11-24(15-30)23(27-18-6-2-3-7-18)28-21-20(29-24)8-4-12-26-21/h4,8-10,12,14,18,29H,2-3,5-7,11,13,15H2,1H3,(H,26,27,28)/t24-/m0/s1. The molecule has 7 heteroatoms. The number of aromatic nitrogens is 1. The zero-order valence-corrected chi connectivity index (χ0v) is 17.8. The van der Waals surface area contributed by atoms with Crippen LogP contribution in [0.2, 0.25) is 0 Å². The van der Waals surface area contributed by atoms with Gasteiger partial charge >= 0.3 is 0 Å². The zero-order valence-electron chi connectivity index (χ0n) is 17.8. The van der Waals surface area contributed by atoms with Gasteiger partial charge in [0, 0.05) is 18.3 Å². The van der Waals surface area contributed by atoms with Crippen LogP contribution in [0, 0.1) is 12.7 Å². The van der Waals surface area contributed by atoms with Crippen LogP contribution in [0.1, 0.15) is 54.4 Å². The molecule has 1 amide bonds. The Labute approximate surface area is 182 Å². The van der Waals surface area contributed by atoms with E-state index in [2.05, 4.69) is 15.6 Å². The summed E-state index contributed by atoms with van der Waals surface area (Å²) < 4.78 is 14.1. The molecule has 3 heterocycles. The molecule has 2 fully saturated rings. The Morgan fingerprint density at radius 1 is 1.26 bits per heavy atom. The highest BCUT2D eigenvalue weighted by atomic mass is 19.1. The van der Waals surface area contributed by atoms with E-state index in [9.17, 15) is 9.18 Å². The Kier molecular flexibility index (Phi) is 5.12. The van der Waals surface area contributed by atoms with Crippen molar-refractivity contribution in [1.82, 2.24) is 9.88 Å². The van der Waals surface area contributed by atoms with Crippen LogP contribution < -0.4 is 10.6 Å². The van der Waals surface area contributed by atoms with E-state index in [1.165, 1.54) is 18.9 Å². The van der Waals surface area contributed by atoms with Crippen LogP contribution >= 0.6 is 0 Å². The fraction of sp³-hybridized carbons (Fsp3) is 0.458. The number of likely N-dealkylation sites (tertiary alicyclic amines) is 1. The van der Waals surface area contributed by atoms with Crippen molar-refractivity contribution in [3.63, 3.8) is 0 Å². The number of piperidine rings is 1. The van der Waals surface area contributed by atoms with E-state index in [0.29, 0.717) is 30.3 Å². The Hall–Kier alpha value is -2.96. The average molecular weight is 422 g/mol. The summed E-state index contributed by atoms with van der Waals surface area (Å²) in [6, 6.07) is 8.93. The van der Waals surface area contributed by atoms with Gasteiger partial charge in [-0.25, -0.2) is 9.37 Å². The van der Waals surface area contributed by atoms with Crippen molar-refractivity contribution < 1.29 is 9.18 Å². The number of hydrogen-bond donors (Lipinski definition) is 2. The Morgan fingerprint density at radius 2 is 2.10 bits per heavy atom. The molecule has 2 aliphatic heterocycles. The quantitative estimate of drug-likeness (QED) is 0.755. The summed E-state index contributed by atoms with van der Waals surface area (Å²) in [5, 5.41) is 7.15. The molecule has 0 radical (unpaired) electrons. The molecule has 1 saturated carbocycles. The summed E-state index contributed by atoms with van der Waals surface area (Å²) in [4.78, 5) is 24.6. The fourth-order valence-electron chi connectivity index (χ4n) is 4.96. The Morgan fingerprint density at radius 3 is 2.90 bits per heavy atom. The van der Waals surface area contributed by atoms with E-state index in [1.807, 2.05) is 17.0 Å². The van der Waals surface area contributed by atoms with Crippen molar-refractivity contribution in [2.75, 3.05) is 23.7 Å². The van der Waals surface area contributed by atoms with E-state index in [4.69, 9.17) is 4.99 Å². The maximum absolute atomic E-state index is 14.1. The monoisotopic (exact) mass is 421 g/mol. The van der Waals surface area contributed by atoms with Crippen LogP contribution in [-0.2, 0) is 0 Å². The lowest BCUT2D eigenvalue weighted by Crippen LogP contribution is -2.62. The number of carbonyl (C=O) groups is 1. The van der Waals surface area contributed by atoms with Gasteiger partial charge in [0.15, 0.2) is 5.82 Å². The number of halogens is 1. The lowest BCUT2D eigenvalue weighted by Gasteiger charge is -2.47. The second kappa shape index (κ2) is 7.94. The molecular weight excluding hydrogens is 393 g/mol. The van der Waals surface area contributed by atoms with Gasteiger partial charge in [-0.1, -0.05) is 18.9 Å². The van der Waals surface area contributed by atoms with E-state index in [-0.39, 0.29) is 11.7 Å². The third-order valence-corrected chi connectivity index (χ3v) is 6.71. The van der Waals surface area contributed by atoms with Crippen LogP contribution in [0.4, 0.5) is 15.9 Å². The molecule has 1 spiro atoms. The second-order valence-corrected chi connectivity index (χ2v) is 8.94. The van der Waals surface area contributed by atoms with E-state index in [1.54, 1.807) is 25.3 Å². The molecule has 1 aromatic carbocycles. The van der Waals surface area contributed by atoms with Crippen molar-refractivity contribution in [3.8, 4) is 0 Å². The maximum atomic E-state index is 14.1. The predicted molar refractivity (Wildman–Crippen MR) is 120 cm³/mol. The number of pyridine rings is 1. The van der Waals surface area contributed by atoms with Crippen LogP contribution in [-0.4, -0.2) is 46.3 Å². The number of hydrogen-bond acceptors (Lipinski definition) is 4. The number of anilines is 2. The summed E-state index contributed by atoms with van der Waals surface area (Å²) >= 11 is 0. The van der Waals surface area contributed by atoms with Crippen molar-refractivity contribution >= 4 is 23.2 Å². The number of nitrogens with one attached hydrogen (secondary N) is 2. The minimum atomic E-state index is -0.490. The first-order valence-electron chi connectivity index (χ1n) is 11.2. The van der Waals surface area contributed by atoms with E-state index in [0.717, 1.165) is 43.0 Å². The number of benzene rings is 1. The summed E-state index contributed by atoms with van der Waals surface area (Å²) in [5.74, 6) is 1.16. The number of nitrogens with zero attached hydrogens (tertiary/aromatic N) is 3. The minimum Gasteiger partial charge on any atom is -0.368 e. The normalized spacial score (nSPS) is 24.7. The maximum Gasteiger partial charge on any atom is 0.254 e. The number of amidine groups is 1. The molecule has 5 rings (SSSR count). The lowest BCUT2D eigenvalue weighted by molar-refractivity contribution is 0.0694. The average Bonchev–Trinajstić information content (AvgIpc) is 3.29. The third-order valence-electron chi connectivity index (χ3n) is 6.71.